The fourth-order valence-electron chi connectivity index (χ4n) is 1.49. The number of sulfonamides is 1. The summed E-state index contributed by atoms with van der Waals surface area (Å²) in [7, 11) is -3.72. The molecule has 18 heavy (non-hydrogen) atoms. The van der Waals surface area contributed by atoms with Crippen molar-refractivity contribution in [2.45, 2.75) is 11.4 Å². The van der Waals surface area contributed by atoms with Gasteiger partial charge in [0.1, 0.15) is 4.90 Å². The van der Waals surface area contributed by atoms with E-state index in [-0.39, 0.29) is 4.90 Å². The largest absolute Gasteiger partial charge is 0.379 e. The predicted molar refractivity (Wildman–Crippen MR) is 74.5 cm³/mol. The highest BCUT2D eigenvalue weighted by Gasteiger charge is 2.12. The molecule has 0 aliphatic rings. The SMILES string of the molecule is NS(=O)(=O)c1ccccc1NCc1ccc(Cl)s1. The number of hydrogen-bond acceptors (Lipinski definition) is 4. The Morgan fingerprint density at radius 2 is 1.94 bits per heavy atom. The average Bonchev–Trinajstić information content (AvgIpc) is 2.72. The van der Waals surface area contributed by atoms with Crippen molar-refractivity contribution in [2.24, 2.45) is 5.14 Å². The van der Waals surface area contributed by atoms with Crippen molar-refractivity contribution >= 4 is 38.6 Å². The normalized spacial score (nSPS) is 11.4. The second-order valence-electron chi connectivity index (χ2n) is 3.60. The summed E-state index contributed by atoms with van der Waals surface area (Å²) in [4.78, 5) is 1.11. The van der Waals surface area contributed by atoms with Crippen LogP contribution in [0.1, 0.15) is 4.88 Å². The van der Waals surface area contributed by atoms with Gasteiger partial charge in [0.2, 0.25) is 10.0 Å². The standard InChI is InChI=1S/C11H11ClN2O2S2/c12-11-6-5-8(17-11)7-14-9-3-1-2-4-10(9)18(13,15)16/h1-6,14H,7H2,(H2,13,15,16). The van der Waals surface area contributed by atoms with E-state index in [1.807, 2.05) is 6.07 Å². The molecule has 1 aromatic carbocycles. The van der Waals surface area contributed by atoms with Crippen molar-refractivity contribution in [1.29, 1.82) is 0 Å². The van der Waals surface area contributed by atoms with E-state index in [1.165, 1.54) is 17.4 Å². The molecule has 0 saturated carbocycles. The van der Waals surface area contributed by atoms with E-state index in [4.69, 9.17) is 16.7 Å². The van der Waals surface area contributed by atoms with Gasteiger partial charge in [0.05, 0.1) is 10.0 Å². The van der Waals surface area contributed by atoms with E-state index in [1.54, 1.807) is 24.3 Å². The number of rotatable bonds is 4. The molecule has 0 atom stereocenters. The molecular formula is C11H11ClN2O2S2. The number of benzene rings is 1. The highest BCUT2D eigenvalue weighted by atomic mass is 35.5. The zero-order valence-electron chi connectivity index (χ0n) is 9.26. The summed E-state index contributed by atoms with van der Waals surface area (Å²) in [6.45, 7) is 0.504. The molecular weight excluding hydrogens is 292 g/mol. The minimum atomic E-state index is -3.72. The lowest BCUT2D eigenvalue weighted by atomic mass is 10.3. The number of para-hydroxylation sites is 1. The van der Waals surface area contributed by atoms with E-state index >= 15 is 0 Å². The molecule has 7 heteroatoms. The Bertz CT molecular complexity index is 653. The molecule has 0 unspecified atom stereocenters. The number of nitrogens with two attached hydrogens (primary N) is 1. The van der Waals surface area contributed by atoms with Gasteiger partial charge in [0, 0.05) is 11.4 Å². The summed E-state index contributed by atoms with van der Waals surface area (Å²) >= 11 is 7.26. The lowest BCUT2D eigenvalue weighted by Gasteiger charge is -2.09. The van der Waals surface area contributed by atoms with E-state index in [0.717, 1.165) is 4.88 Å². The van der Waals surface area contributed by atoms with Crippen LogP contribution in [0.3, 0.4) is 0 Å². The van der Waals surface area contributed by atoms with Gasteiger partial charge in [-0.25, -0.2) is 13.6 Å². The predicted octanol–water partition coefficient (Wildman–Crippen LogP) is 2.66. The molecule has 1 heterocycles. The second-order valence-corrected chi connectivity index (χ2v) is 6.93. The summed E-state index contributed by atoms with van der Waals surface area (Å²) in [6.07, 6.45) is 0. The van der Waals surface area contributed by atoms with Crippen LogP contribution in [-0.2, 0) is 16.6 Å². The first-order chi connectivity index (χ1) is 8.47. The third kappa shape index (κ3) is 3.23. The van der Waals surface area contributed by atoms with E-state index in [0.29, 0.717) is 16.6 Å². The molecule has 2 aromatic rings. The maximum atomic E-state index is 11.4. The van der Waals surface area contributed by atoms with Crippen LogP contribution in [0.15, 0.2) is 41.3 Å². The molecule has 0 saturated heterocycles. The van der Waals surface area contributed by atoms with Gasteiger partial charge in [0.15, 0.2) is 0 Å². The van der Waals surface area contributed by atoms with Gasteiger partial charge in [-0.2, -0.15) is 0 Å². The summed E-state index contributed by atoms with van der Waals surface area (Å²) in [5.74, 6) is 0. The van der Waals surface area contributed by atoms with Crippen molar-refractivity contribution in [1.82, 2.24) is 0 Å². The molecule has 0 aliphatic heterocycles. The number of primary sulfonamides is 1. The Hall–Kier alpha value is -1.08. The van der Waals surface area contributed by atoms with Crippen LogP contribution < -0.4 is 10.5 Å². The number of nitrogens with one attached hydrogen (secondary N) is 1. The van der Waals surface area contributed by atoms with Gasteiger partial charge in [-0.1, -0.05) is 23.7 Å². The molecule has 0 bridgehead atoms. The summed E-state index contributed by atoms with van der Waals surface area (Å²) in [5.41, 5.74) is 0.490. The van der Waals surface area contributed by atoms with E-state index in [9.17, 15) is 8.42 Å². The van der Waals surface area contributed by atoms with Crippen molar-refractivity contribution in [3.63, 3.8) is 0 Å². The smallest absolute Gasteiger partial charge is 0.240 e. The van der Waals surface area contributed by atoms with E-state index < -0.39 is 10.0 Å². The number of halogens is 1. The first kappa shape index (κ1) is 13.4. The molecule has 3 N–H and O–H groups in total. The topological polar surface area (TPSA) is 72.2 Å². The first-order valence-electron chi connectivity index (χ1n) is 5.07. The lowest BCUT2D eigenvalue weighted by molar-refractivity contribution is 0.598. The average molecular weight is 303 g/mol. The maximum absolute atomic E-state index is 11.4. The highest BCUT2D eigenvalue weighted by Crippen LogP contribution is 2.24. The fourth-order valence-corrected chi connectivity index (χ4v) is 3.23. The van der Waals surface area contributed by atoms with Gasteiger partial charge in [0.25, 0.3) is 0 Å². The van der Waals surface area contributed by atoms with Crippen LogP contribution in [0.5, 0.6) is 0 Å². The minimum absolute atomic E-state index is 0.0904. The van der Waals surface area contributed by atoms with Gasteiger partial charge in [-0.05, 0) is 24.3 Å². The Labute approximate surface area is 114 Å². The van der Waals surface area contributed by atoms with E-state index in [2.05, 4.69) is 5.32 Å². The van der Waals surface area contributed by atoms with Crippen molar-refractivity contribution in [2.75, 3.05) is 5.32 Å². The monoisotopic (exact) mass is 302 g/mol. The van der Waals surface area contributed by atoms with Gasteiger partial charge >= 0.3 is 0 Å². The van der Waals surface area contributed by atoms with Crippen LogP contribution in [-0.4, -0.2) is 8.42 Å². The fraction of sp³-hybridized carbons (Fsp3) is 0.0909. The van der Waals surface area contributed by atoms with Gasteiger partial charge in [-0.15, -0.1) is 11.3 Å². The van der Waals surface area contributed by atoms with Crippen molar-refractivity contribution in [3.05, 3.63) is 45.6 Å². The third-order valence-corrected chi connectivity index (χ3v) is 4.48. The zero-order chi connectivity index (χ0) is 13.2. The van der Waals surface area contributed by atoms with Crippen LogP contribution in [0.25, 0.3) is 0 Å². The van der Waals surface area contributed by atoms with Gasteiger partial charge < -0.3 is 5.32 Å². The molecule has 4 nitrogen and oxygen atoms in total. The molecule has 96 valence electrons. The Kier molecular flexibility index (Phi) is 3.91. The van der Waals surface area contributed by atoms with Crippen LogP contribution in [0, 0.1) is 0 Å². The first-order valence-corrected chi connectivity index (χ1v) is 7.81. The minimum Gasteiger partial charge on any atom is -0.379 e. The Morgan fingerprint density at radius 3 is 2.56 bits per heavy atom. The second kappa shape index (κ2) is 5.27. The number of anilines is 1. The number of hydrogen-bond donors (Lipinski definition) is 2. The van der Waals surface area contributed by atoms with Crippen molar-refractivity contribution in [3.8, 4) is 0 Å². The highest BCUT2D eigenvalue weighted by molar-refractivity contribution is 7.89. The zero-order valence-corrected chi connectivity index (χ0v) is 11.6. The molecule has 2 rings (SSSR count). The van der Waals surface area contributed by atoms with Crippen LogP contribution >= 0.6 is 22.9 Å². The summed E-state index contributed by atoms with van der Waals surface area (Å²) < 4.78 is 23.5. The third-order valence-electron chi connectivity index (χ3n) is 2.28. The lowest BCUT2D eigenvalue weighted by Crippen LogP contribution is -2.14. The van der Waals surface area contributed by atoms with Crippen LogP contribution in [0.2, 0.25) is 4.34 Å². The molecule has 0 aliphatic carbocycles. The molecule has 0 amide bonds. The summed E-state index contributed by atoms with van der Waals surface area (Å²) in [5, 5.41) is 8.19. The molecule has 0 spiro atoms. The molecule has 0 fully saturated rings. The van der Waals surface area contributed by atoms with Crippen LogP contribution in [0.4, 0.5) is 5.69 Å². The Balaban J connectivity index is 2.20. The number of thiophene rings is 1. The molecule has 1 aromatic heterocycles. The Morgan fingerprint density at radius 1 is 1.22 bits per heavy atom. The van der Waals surface area contributed by atoms with Gasteiger partial charge in [-0.3, -0.25) is 0 Å². The quantitative estimate of drug-likeness (QED) is 0.912. The maximum Gasteiger partial charge on any atom is 0.240 e. The molecule has 0 radical (unpaired) electrons. The summed E-state index contributed by atoms with van der Waals surface area (Å²) in [6, 6.07) is 10.2. The van der Waals surface area contributed by atoms with Crippen molar-refractivity contribution < 1.29 is 8.42 Å².